The normalized spacial score (nSPS) is 18.4. The molecule has 2 aromatic rings. The molecular formula is C22H21F3N2O7. The molecule has 182 valence electrons. The van der Waals surface area contributed by atoms with Gasteiger partial charge in [-0.1, -0.05) is 0 Å². The smallest absolute Gasteiger partial charge is 0.491 e. The van der Waals surface area contributed by atoms with Gasteiger partial charge in [-0.05, 0) is 61.9 Å². The Balaban J connectivity index is 1.69. The average molecular weight is 482 g/mol. The van der Waals surface area contributed by atoms with E-state index in [0.717, 1.165) is 18.2 Å². The fraction of sp³-hybridized carbons (Fsp3) is 0.318. The third-order valence-electron chi connectivity index (χ3n) is 4.99. The van der Waals surface area contributed by atoms with Crippen molar-refractivity contribution in [3.63, 3.8) is 0 Å². The monoisotopic (exact) mass is 482 g/mol. The minimum absolute atomic E-state index is 0.00179. The van der Waals surface area contributed by atoms with Crippen LogP contribution in [0.25, 0.3) is 0 Å². The molecule has 0 spiro atoms. The number of aromatic hydroxyl groups is 2. The van der Waals surface area contributed by atoms with Crippen LogP contribution >= 0.6 is 0 Å². The van der Waals surface area contributed by atoms with Gasteiger partial charge in [0.05, 0.1) is 11.6 Å². The predicted octanol–water partition coefficient (Wildman–Crippen LogP) is 2.27. The molecule has 9 nitrogen and oxygen atoms in total. The summed E-state index contributed by atoms with van der Waals surface area (Å²) in [4.78, 5) is 36.1. The lowest BCUT2D eigenvalue weighted by Gasteiger charge is -2.26. The maximum Gasteiger partial charge on any atom is 0.491 e. The van der Waals surface area contributed by atoms with E-state index >= 15 is 0 Å². The number of carbonyl (C=O) groups is 3. The van der Waals surface area contributed by atoms with E-state index in [0.29, 0.717) is 31.5 Å². The maximum absolute atomic E-state index is 12.6. The van der Waals surface area contributed by atoms with Gasteiger partial charge in [-0.2, -0.15) is 13.2 Å². The van der Waals surface area contributed by atoms with Crippen LogP contribution in [-0.2, 0) is 9.53 Å². The molecule has 0 aliphatic carbocycles. The zero-order chi connectivity index (χ0) is 24.9. The van der Waals surface area contributed by atoms with Crippen LogP contribution in [0.15, 0.2) is 42.5 Å². The number of rotatable bonds is 5. The number of halogens is 3. The van der Waals surface area contributed by atoms with E-state index in [1.54, 1.807) is 0 Å². The summed E-state index contributed by atoms with van der Waals surface area (Å²) in [5, 5.41) is 25.2. The van der Waals surface area contributed by atoms with Crippen molar-refractivity contribution in [1.29, 1.82) is 0 Å². The van der Waals surface area contributed by atoms with Crippen molar-refractivity contribution in [2.24, 2.45) is 0 Å². The lowest BCUT2D eigenvalue weighted by atomic mass is 10.1. The van der Waals surface area contributed by atoms with E-state index in [1.807, 2.05) is 0 Å². The number of benzene rings is 2. The molecule has 2 atom stereocenters. The lowest BCUT2D eigenvalue weighted by molar-refractivity contribution is -0.189. The molecule has 0 aromatic heterocycles. The highest BCUT2D eigenvalue weighted by molar-refractivity contribution is 5.94. The van der Waals surface area contributed by atoms with Crippen molar-refractivity contribution in [2.75, 3.05) is 13.1 Å². The van der Waals surface area contributed by atoms with E-state index < -0.39 is 47.7 Å². The van der Waals surface area contributed by atoms with Crippen LogP contribution in [0, 0.1) is 0 Å². The molecule has 1 heterocycles. The summed E-state index contributed by atoms with van der Waals surface area (Å²) >= 11 is 0. The molecule has 1 aliphatic rings. The standard InChI is InChI=1S/C22H21F3N2O7/c23-22(24,25)21(32)34-18-8-5-13(10-16(18)29)20(31)33-17-2-1-9-26-11-15(17)27-19(30)12-3-6-14(28)7-4-12/h3-8,10,15,17,26,28-29H,1-2,9,11H2,(H,27,30)/t15-,17-/m1/s1. The number of hydrogen-bond donors (Lipinski definition) is 4. The van der Waals surface area contributed by atoms with E-state index in [1.165, 1.54) is 24.3 Å². The van der Waals surface area contributed by atoms with Crippen LogP contribution < -0.4 is 15.4 Å². The highest BCUT2D eigenvalue weighted by Crippen LogP contribution is 2.30. The molecule has 1 amide bonds. The minimum Gasteiger partial charge on any atom is -0.508 e. The van der Waals surface area contributed by atoms with Gasteiger partial charge in [0, 0.05) is 12.1 Å². The number of amides is 1. The summed E-state index contributed by atoms with van der Waals surface area (Å²) in [5.41, 5.74) is 0.103. The summed E-state index contributed by atoms with van der Waals surface area (Å²) in [7, 11) is 0. The number of carbonyl (C=O) groups excluding carboxylic acids is 3. The van der Waals surface area contributed by atoms with Gasteiger partial charge in [0.2, 0.25) is 0 Å². The molecule has 12 heteroatoms. The van der Waals surface area contributed by atoms with Crippen LogP contribution in [0.4, 0.5) is 13.2 Å². The Hall–Kier alpha value is -3.80. The fourth-order valence-corrected chi connectivity index (χ4v) is 3.26. The second-order valence-corrected chi connectivity index (χ2v) is 7.49. The van der Waals surface area contributed by atoms with E-state index in [9.17, 15) is 37.8 Å². The Morgan fingerprint density at radius 2 is 1.71 bits per heavy atom. The second kappa shape index (κ2) is 10.4. The Labute approximate surface area is 191 Å². The third kappa shape index (κ3) is 6.38. The topological polar surface area (TPSA) is 134 Å². The molecule has 34 heavy (non-hydrogen) atoms. The van der Waals surface area contributed by atoms with Gasteiger partial charge in [-0.15, -0.1) is 0 Å². The molecule has 0 radical (unpaired) electrons. The summed E-state index contributed by atoms with van der Waals surface area (Å²) < 4.78 is 46.6. The highest BCUT2D eigenvalue weighted by Gasteiger charge is 2.41. The molecule has 4 N–H and O–H groups in total. The molecule has 1 saturated heterocycles. The number of alkyl halides is 3. The summed E-state index contributed by atoms with van der Waals surface area (Å²) in [5.74, 6) is -5.47. The summed E-state index contributed by atoms with van der Waals surface area (Å²) in [6.07, 6.45) is -4.95. The number of esters is 2. The maximum atomic E-state index is 12.6. The first-order valence-electron chi connectivity index (χ1n) is 10.2. The molecular weight excluding hydrogens is 461 g/mol. The first kappa shape index (κ1) is 24.8. The number of nitrogens with one attached hydrogen (secondary N) is 2. The minimum atomic E-state index is -5.25. The molecule has 0 unspecified atom stereocenters. The zero-order valence-electron chi connectivity index (χ0n) is 17.6. The fourth-order valence-electron chi connectivity index (χ4n) is 3.26. The van der Waals surface area contributed by atoms with E-state index in [2.05, 4.69) is 15.4 Å². The predicted molar refractivity (Wildman–Crippen MR) is 110 cm³/mol. The molecule has 0 bridgehead atoms. The van der Waals surface area contributed by atoms with Crippen molar-refractivity contribution in [3.05, 3.63) is 53.6 Å². The van der Waals surface area contributed by atoms with Crippen LogP contribution in [0.5, 0.6) is 17.2 Å². The quantitative estimate of drug-likeness (QED) is 0.377. The Bertz CT molecular complexity index is 1060. The molecule has 1 aliphatic heterocycles. The Morgan fingerprint density at radius 1 is 1.03 bits per heavy atom. The van der Waals surface area contributed by atoms with Gasteiger partial charge in [0.1, 0.15) is 11.9 Å². The largest absolute Gasteiger partial charge is 0.508 e. The SMILES string of the molecule is O=C(N[C@@H]1CNCCC[C@H]1OC(=O)c1ccc(OC(=O)C(F)(F)F)c(O)c1)c1ccc(O)cc1. The van der Waals surface area contributed by atoms with Crippen molar-refractivity contribution >= 4 is 17.8 Å². The summed E-state index contributed by atoms with van der Waals surface area (Å²) in [6, 6.07) is 7.69. The van der Waals surface area contributed by atoms with Crippen molar-refractivity contribution < 1.29 is 47.2 Å². The van der Waals surface area contributed by atoms with Crippen LogP contribution in [-0.4, -0.2) is 59.5 Å². The van der Waals surface area contributed by atoms with Gasteiger partial charge >= 0.3 is 18.1 Å². The zero-order valence-corrected chi connectivity index (χ0v) is 17.6. The van der Waals surface area contributed by atoms with Crippen molar-refractivity contribution in [1.82, 2.24) is 10.6 Å². The molecule has 1 fully saturated rings. The Kier molecular flexibility index (Phi) is 7.61. The van der Waals surface area contributed by atoms with Gasteiger partial charge in [0.15, 0.2) is 11.5 Å². The van der Waals surface area contributed by atoms with Crippen molar-refractivity contribution in [3.8, 4) is 17.2 Å². The number of hydrogen-bond acceptors (Lipinski definition) is 8. The first-order valence-corrected chi connectivity index (χ1v) is 10.2. The molecule has 0 saturated carbocycles. The van der Waals surface area contributed by atoms with Gasteiger partial charge in [-0.25, -0.2) is 9.59 Å². The van der Waals surface area contributed by atoms with Gasteiger partial charge < -0.3 is 30.3 Å². The Morgan fingerprint density at radius 3 is 2.35 bits per heavy atom. The van der Waals surface area contributed by atoms with Crippen LogP contribution in [0.2, 0.25) is 0 Å². The van der Waals surface area contributed by atoms with Crippen LogP contribution in [0.1, 0.15) is 33.6 Å². The number of phenols is 2. The van der Waals surface area contributed by atoms with E-state index in [-0.39, 0.29) is 11.3 Å². The molecule has 2 aromatic carbocycles. The highest BCUT2D eigenvalue weighted by atomic mass is 19.4. The second-order valence-electron chi connectivity index (χ2n) is 7.49. The van der Waals surface area contributed by atoms with E-state index in [4.69, 9.17) is 4.74 Å². The number of ether oxygens (including phenoxy) is 2. The lowest BCUT2D eigenvalue weighted by Crippen LogP contribution is -2.49. The first-order chi connectivity index (χ1) is 16.0. The van der Waals surface area contributed by atoms with Gasteiger partial charge in [-0.3, -0.25) is 4.79 Å². The number of phenolic OH excluding ortho intramolecular Hbond substituents is 2. The average Bonchev–Trinajstić information content (AvgIpc) is 2.99. The summed E-state index contributed by atoms with van der Waals surface area (Å²) in [6.45, 7) is 0.930. The third-order valence-corrected chi connectivity index (χ3v) is 4.99. The van der Waals surface area contributed by atoms with Crippen molar-refractivity contribution in [2.45, 2.75) is 31.2 Å². The van der Waals surface area contributed by atoms with Gasteiger partial charge in [0.25, 0.3) is 5.91 Å². The molecule has 3 rings (SSSR count). The van der Waals surface area contributed by atoms with Crippen LogP contribution in [0.3, 0.4) is 0 Å².